The molecule has 1 aliphatic heterocycles. The van der Waals surface area contributed by atoms with Crippen molar-refractivity contribution >= 4 is 53.0 Å². The first-order valence-electron chi connectivity index (χ1n) is 6.06. The Labute approximate surface area is 133 Å². The largest absolute Gasteiger partial charge is 0.356 e. The van der Waals surface area contributed by atoms with Crippen LogP contribution in [0.1, 0.15) is 11.3 Å². The zero-order valence-electron chi connectivity index (χ0n) is 10.5. The standard InChI is InChI=1S/C12H17ClN2OS2.ClH/c13-11-2-1-10(18-11)3-4-15-12(16)7-9-8-17-6-5-14-9;/h1-2,9,14H,3-8H2,(H,15,16);1H. The van der Waals surface area contributed by atoms with E-state index in [1.54, 1.807) is 11.3 Å². The molecule has 0 saturated carbocycles. The summed E-state index contributed by atoms with van der Waals surface area (Å²) in [4.78, 5) is 12.9. The van der Waals surface area contributed by atoms with Crippen molar-refractivity contribution < 1.29 is 4.79 Å². The van der Waals surface area contributed by atoms with E-state index in [4.69, 9.17) is 11.6 Å². The van der Waals surface area contributed by atoms with E-state index >= 15 is 0 Å². The van der Waals surface area contributed by atoms with Crippen LogP contribution in [0.15, 0.2) is 12.1 Å². The molecule has 0 spiro atoms. The van der Waals surface area contributed by atoms with Crippen molar-refractivity contribution in [3.05, 3.63) is 21.3 Å². The molecule has 1 aromatic heterocycles. The Morgan fingerprint density at radius 1 is 1.53 bits per heavy atom. The van der Waals surface area contributed by atoms with E-state index in [2.05, 4.69) is 10.6 Å². The van der Waals surface area contributed by atoms with Crippen LogP contribution < -0.4 is 10.6 Å². The lowest BCUT2D eigenvalue weighted by molar-refractivity contribution is -0.121. The van der Waals surface area contributed by atoms with Crippen LogP contribution >= 0.6 is 47.1 Å². The van der Waals surface area contributed by atoms with Gasteiger partial charge in [0.1, 0.15) is 0 Å². The number of amides is 1. The normalized spacial score (nSPS) is 18.7. The Morgan fingerprint density at radius 2 is 2.37 bits per heavy atom. The SMILES string of the molecule is Cl.O=C(CC1CSCCN1)NCCc1ccc(Cl)s1. The van der Waals surface area contributed by atoms with Crippen LogP contribution in [0.4, 0.5) is 0 Å². The van der Waals surface area contributed by atoms with Gasteiger partial charge in [0.15, 0.2) is 0 Å². The lowest BCUT2D eigenvalue weighted by Gasteiger charge is -2.22. The summed E-state index contributed by atoms with van der Waals surface area (Å²) in [6.07, 6.45) is 1.44. The minimum atomic E-state index is 0. The van der Waals surface area contributed by atoms with Gasteiger partial charge in [-0.2, -0.15) is 11.8 Å². The third kappa shape index (κ3) is 6.36. The van der Waals surface area contributed by atoms with Crippen molar-refractivity contribution in [2.45, 2.75) is 18.9 Å². The molecule has 3 nitrogen and oxygen atoms in total. The number of hydrogen-bond acceptors (Lipinski definition) is 4. The van der Waals surface area contributed by atoms with Crippen molar-refractivity contribution in [1.29, 1.82) is 0 Å². The van der Waals surface area contributed by atoms with E-state index in [0.29, 0.717) is 19.0 Å². The fraction of sp³-hybridized carbons (Fsp3) is 0.583. The van der Waals surface area contributed by atoms with E-state index in [-0.39, 0.29) is 18.3 Å². The number of rotatable bonds is 5. The van der Waals surface area contributed by atoms with Gasteiger partial charge in [0.05, 0.1) is 4.34 Å². The Bertz CT molecular complexity index is 395. The number of thioether (sulfide) groups is 1. The fourth-order valence-corrected chi connectivity index (χ4v) is 3.89. The van der Waals surface area contributed by atoms with Crippen LogP contribution in [-0.2, 0) is 11.2 Å². The predicted molar refractivity (Wildman–Crippen MR) is 87.0 cm³/mol. The number of thiophene rings is 1. The molecule has 1 unspecified atom stereocenters. The molecule has 7 heteroatoms. The van der Waals surface area contributed by atoms with E-state index in [9.17, 15) is 4.79 Å². The molecule has 19 heavy (non-hydrogen) atoms. The Balaban J connectivity index is 0.00000180. The van der Waals surface area contributed by atoms with Gasteiger partial charge in [-0.3, -0.25) is 4.79 Å². The van der Waals surface area contributed by atoms with Crippen LogP contribution in [0.25, 0.3) is 0 Å². The van der Waals surface area contributed by atoms with Crippen LogP contribution in [0.5, 0.6) is 0 Å². The van der Waals surface area contributed by atoms with E-state index in [1.165, 1.54) is 4.88 Å². The molecule has 0 radical (unpaired) electrons. The quantitative estimate of drug-likeness (QED) is 0.865. The van der Waals surface area contributed by atoms with Gasteiger partial charge in [-0.15, -0.1) is 23.7 Å². The third-order valence-corrected chi connectivity index (χ3v) is 5.17. The van der Waals surface area contributed by atoms with Crippen molar-refractivity contribution in [3.63, 3.8) is 0 Å². The molecule has 0 bridgehead atoms. The van der Waals surface area contributed by atoms with Gasteiger partial charge < -0.3 is 10.6 Å². The molecule has 2 N–H and O–H groups in total. The summed E-state index contributed by atoms with van der Waals surface area (Å²) in [6.45, 7) is 1.70. The van der Waals surface area contributed by atoms with Gasteiger partial charge in [-0.1, -0.05) is 11.6 Å². The number of hydrogen-bond donors (Lipinski definition) is 2. The molecule has 1 amide bonds. The second kappa shape index (κ2) is 9.08. The molecule has 2 rings (SSSR count). The van der Waals surface area contributed by atoms with Crippen molar-refractivity contribution in [2.24, 2.45) is 0 Å². The highest BCUT2D eigenvalue weighted by Crippen LogP contribution is 2.21. The molecular formula is C12H18Cl2N2OS2. The molecule has 0 aromatic carbocycles. The zero-order chi connectivity index (χ0) is 12.8. The molecule has 1 aliphatic rings. The fourth-order valence-electron chi connectivity index (χ4n) is 1.86. The summed E-state index contributed by atoms with van der Waals surface area (Å²) in [7, 11) is 0. The maximum absolute atomic E-state index is 11.7. The average molecular weight is 341 g/mol. The smallest absolute Gasteiger partial charge is 0.221 e. The molecular weight excluding hydrogens is 323 g/mol. The summed E-state index contributed by atoms with van der Waals surface area (Å²) < 4.78 is 0.805. The van der Waals surface area contributed by atoms with Gasteiger partial charge in [0, 0.05) is 41.9 Å². The zero-order valence-corrected chi connectivity index (χ0v) is 13.7. The maximum Gasteiger partial charge on any atom is 0.221 e. The van der Waals surface area contributed by atoms with Gasteiger partial charge in [0.2, 0.25) is 5.91 Å². The highest BCUT2D eigenvalue weighted by atomic mass is 35.5. The molecule has 1 atom stereocenters. The van der Waals surface area contributed by atoms with E-state index in [0.717, 1.165) is 28.8 Å². The monoisotopic (exact) mass is 340 g/mol. The minimum Gasteiger partial charge on any atom is -0.356 e. The Hall–Kier alpha value is 0.0600. The third-order valence-electron chi connectivity index (χ3n) is 2.75. The van der Waals surface area contributed by atoms with E-state index < -0.39 is 0 Å². The molecule has 2 heterocycles. The second-order valence-electron chi connectivity index (χ2n) is 4.24. The molecule has 108 valence electrons. The van der Waals surface area contributed by atoms with Gasteiger partial charge >= 0.3 is 0 Å². The molecule has 1 aromatic rings. The van der Waals surface area contributed by atoms with Crippen LogP contribution in [0.3, 0.4) is 0 Å². The van der Waals surface area contributed by atoms with Gasteiger partial charge in [0.25, 0.3) is 0 Å². The summed E-state index contributed by atoms with van der Waals surface area (Å²) in [6, 6.07) is 4.24. The van der Waals surface area contributed by atoms with Gasteiger partial charge in [-0.25, -0.2) is 0 Å². The lowest BCUT2D eigenvalue weighted by atomic mass is 10.2. The second-order valence-corrected chi connectivity index (χ2v) is 7.19. The number of nitrogens with one attached hydrogen (secondary N) is 2. The minimum absolute atomic E-state index is 0. The highest BCUT2D eigenvalue weighted by Gasteiger charge is 2.16. The molecule has 1 saturated heterocycles. The van der Waals surface area contributed by atoms with Crippen LogP contribution in [0, 0.1) is 0 Å². The number of halogens is 2. The first kappa shape index (κ1) is 17.1. The van der Waals surface area contributed by atoms with Crippen LogP contribution in [-0.4, -0.2) is 36.5 Å². The highest BCUT2D eigenvalue weighted by molar-refractivity contribution is 7.99. The van der Waals surface area contributed by atoms with Crippen molar-refractivity contribution in [1.82, 2.24) is 10.6 Å². The summed E-state index contributed by atoms with van der Waals surface area (Å²) in [5.74, 6) is 2.32. The molecule has 0 aliphatic carbocycles. The average Bonchev–Trinajstić information content (AvgIpc) is 2.76. The Kier molecular flexibility index (Phi) is 8.18. The Morgan fingerprint density at radius 3 is 3.00 bits per heavy atom. The van der Waals surface area contributed by atoms with Crippen LogP contribution in [0.2, 0.25) is 4.34 Å². The van der Waals surface area contributed by atoms with Crippen molar-refractivity contribution in [3.8, 4) is 0 Å². The first-order chi connectivity index (χ1) is 8.74. The first-order valence-corrected chi connectivity index (χ1v) is 8.41. The maximum atomic E-state index is 11.7. The van der Waals surface area contributed by atoms with Gasteiger partial charge in [-0.05, 0) is 18.6 Å². The van der Waals surface area contributed by atoms with Crippen molar-refractivity contribution in [2.75, 3.05) is 24.6 Å². The summed E-state index contributed by atoms with van der Waals surface area (Å²) in [5.41, 5.74) is 0. The number of carbonyl (C=O) groups is 1. The summed E-state index contributed by atoms with van der Waals surface area (Å²) in [5, 5.41) is 6.33. The molecule has 1 fully saturated rings. The summed E-state index contributed by atoms with van der Waals surface area (Å²) >= 11 is 9.34. The lowest BCUT2D eigenvalue weighted by Crippen LogP contribution is -2.41. The predicted octanol–water partition coefficient (Wildman–Crippen LogP) is 2.58. The topological polar surface area (TPSA) is 41.1 Å². The van der Waals surface area contributed by atoms with E-state index in [1.807, 2.05) is 23.9 Å². The number of carbonyl (C=O) groups excluding carboxylic acids is 1.